The first-order valence-electron chi connectivity index (χ1n) is 6.67. The second kappa shape index (κ2) is 6.48. The van der Waals surface area contributed by atoms with Gasteiger partial charge in [0.2, 0.25) is 0 Å². The third-order valence-electron chi connectivity index (χ3n) is 2.92. The molecule has 102 valence electrons. The van der Waals surface area contributed by atoms with E-state index in [9.17, 15) is 0 Å². The van der Waals surface area contributed by atoms with Gasteiger partial charge in [-0.25, -0.2) is 0 Å². The molecule has 1 heterocycles. The molecule has 2 aromatic carbocycles. The zero-order valence-corrected chi connectivity index (χ0v) is 11.4. The van der Waals surface area contributed by atoms with Gasteiger partial charge in [0, 0.05) is 11.8 Å². The molecule has 0 saturated heterocycles. The van der Waals surface area contributed by atoms with Crippen LogP contribution < -0.4 is 0 Å². The van der Waals surface area contributed by atoms with Crippen molar-refractivity contribution < 1.29 is 4.42 Å². The lowest BCUT2D eigenvalue weighted by molar-refractivity contribution is 0.560. The van der Waals surface area contributed by atoms with Crippen molar-refractivity contribution in [3.8, 4) is 0 Å². The number of hydrogen-bond donors (Lipinski definition) is 0. The average molecular weight is 274 g/mol. The highest BCUT2D eigenvalue weighted by Gasteiger charge is 1.97. The number of benzene rings is 2. The molecule has 0 radical (unpaired) electrons. The fraction of sp³-hybridized carbons (Fsp3) is 0. The van der Waals surface area contributed by atoms with Crippen LogP contribution in [0.15, 0.2) is 87.4 Å². The Hall–Kier alpha value is -2.94. The van der Waals surface area contributed by atoms with E-state index in [1.807, 2.05) is 72.9 Å². The van der Waals surface area contributed by atoms with Crippen molar-refractivity contribution in [2.45, 2.75) is 0 Å². The Morgan fingerprint density at radius 1 is 0.714 bits per heavy atom. The molecule has 0 amide bonds. The fourth-order valence-electron chi connectivity index (χ4n) is 1.87. The molecule has 0 saturated carbocycles. The zero-order valence-electron chi connectivity index (χ0n) is 11.4. The molecule has 3 aromatic rings. The van der Waals surface area contributed by atoms with E-state index in [0.29, 0.717) is 0 Å². The lowest BCUT2D eigenvalue weighted by Gasteiger charge is -1.99. The third-order valence-corrected chi connectivity index (χ3v) is 2.92. The number of aliphatic imine (C=N–C) groups is 2. The van der Waals surface area contributed by atoms with Gasteiger partial charge in [-0.05, 0) is 30.3 Å². The average Bonchev–Trinajstić information content (AvgIpc) is 3.06. The standard InChI is InChI=1S/C18H14N2O/c1-2-8-16(9-3-1)19-13-15-7-4-5-11-18(15)20-14-17-10-6-12-21-17/h1-14H. The highest BCUT2D eigenvalue weighted by atomic mass is 16.3. The van der Waals surface area contributed by atoms with E-state index < -0.39 is 0 Å². The molecule has 3 rings (SSSR count). The molecular weight excluding hydrogens is 260 g/mol. The minimum absolute atomic E-state index is 0.727. The molecule has 0 aliphatic carbocycles. The summed E-state index contributed by atoms with van der Waals surface area (Å²) in [5.41, 5.74) is 2.74. The summed E-state index contributed by atoms with van der Waals surface area (Å²) in [5, 5.41) is 0. The van der Waals surface area contributed by atoms with Crippen molar-refractivity contribution >= 4 is 23.8 Å². The number of furan rings is 1. The minimum Gasteiger partial charge on any atom is -0.463 e. The van der Waals surface area contributed by atoms with Crippen LogP contribution in [-0.2, 0) is 0 Å². The molecule has 0 bridgehead atoms. The Balaban J connectivity index is 1.84. The summed E-state index contributed by atoms with van der Waals surface area (Å²) in [6.45, 7) is 0. The van der Waals surface area contributed by atoms with Crippen molar-refractivity contribution in [3.05, 3.63) is 84.3 Å². The summed E-state index contributed by atoms with van der Waals surface area (Å²) in [5.74, 6) is 0.727. The smallest absolute Gasteiger partial charge is 0.144 e. The van der Waals surface area contributed by atoms with E-state index in [-0.39, 0.29) is 0 Å². The predicted octanol–water partition coefficient (Wildman–Crippen LogP) is 4.78. The van der Waals surface area contributed by atoms with Crippen molar-refractivity contribution in [2.75, 3.05) is 0 Å². The Kier molecular flexibility index (Phi) is 4.03. The molecule has 3 nitrogen and oxygen atoms in total. The second-order valence-electron chi connectivity index (χ2n) is 4.43. The van der Waals surface area contributed by atoms with Crippen molar-refractivity contribution in [1.29, 1.82) is 0 Å². The summed E-state index contributed by atoms with van der Waals surface area (Å²) in [6.07, 6.45) is 5.16. The van der Waals surface area contributed by atoms with Crippen molar-refractivity contribution in [3.63, 3.8) is 0 Å². The van der Waals surface area contributed by atoms with Gasteiger partial charge in [0.05, 0.1) is 23.9 Å². The monoisotopic (exact) mass is 274 g/mol. The van der Waals surface area contributed by atoms with Gasteiger partial charge in [-0.15, -0.1) is 0 Å². The molecule has 0 unspecified atom stereocenters. The molecule has 1 aromatic heterocycles. The molecular formula is C18H14N2O. The van der Waals surface area contributed by atoms with Gasteiger partial charge >= 0.3 is 0 Å². The van der Waals surface area contributed by atoms with Gasteiger partial charge in [-0.3, -0.25) is 9.98 Å². The minimum atomic E-state index is 0.727. The Labute approximate surface area is 123 Å². The Morgan fingerprint density at radius 2 is 1.52 bits per heavy atom. The molecule has 0 aliphatic rings. The van der Waals surface area contributed by atoms with Crippen LogP contribution in [0.3, 0.4) is 0 Å². The van der Waals surface area contributed by atoms with Crippen LogP contribution >= 0.6 is 0 Å². The highest BCUT2D eigenvalue weighted by Crippen LogP contribution is 2.18. The highest BCUT2D eigenvalue weighted by molar-refractivity contribution is 5.90. The summed E-state index contributed by atoms with van der Waals surface area (Å²) in [7, 11) is 0. The van der Waals surface area contributed by atoms with Crippen LogP contribution in [0.1, 0.15) is 11.3 Å². The Bertz CT molecular complexity index is 744. The van der Waals surface area contributed by atoms with Gasteiger partial charge in [-0.2, -0.15) is 0 Å². The summed E-state index contributed by atoms with van der Waals surface area (Å²) in [6, 6.07) is 21.4. The van der Waals surface area contributed by atoms with Crippen LogP contribution in [0.4, 0.5) is 11.4 Å². The first kappa shape index (κ1) is 13.1. The van der Waals surface area contributed by atoms with Gasteiger partial charge in [-0.1, -0.05) is 36.4 Å². The quantitative estimate of drug-likeness (QED) is 0.631. The van der Waals surface area contributed by atoms with Crippen LogP contribution in [0.5, 0.6) is 0 Å². The van der Waals surface area contributed by atoms with E-state index in [4.69, 9.17) is 4.42 Å². The van der Waals surface area contributed by atoms with E-state index in [1.54, 1.807) is 12.5 Å². The van der Waals surface area contributed by atoms with Gasteiger partial charge in [0.25, 0.3) is 0 Å². The van der Waals surface area contributed by atoms with E-state index in [0.717, 1.165) is 22.7 Å². The largest absolute Gasteiger partial charge is 0.463 e. The lowest BCUT2D eigenvalue weighted by atomic mass is 10.2. The molecule has 21 heavy (non-hydrogen) atoms. The van der Waals surface area contributed by atoms with Crippen LogP contribution in [0.25, 0.3) is 0 Å². The van der Waals surface area contributed by atoms with Crippen LogP contribution in [0.2, 0.25) is 0 Å². The van der Waals surface area contributed by atoms with E-state index in [1.165, 1.54) is 0 Å². The van der Waals surface area contributed by atoms with Gasteiger partial charge in [0.15, 0.2) is 0 Å². The van der Waals surface area contributed by atoms with Crippen LogP contribution in [-0.4, -0.2) is 12.4 Å². The molecule has 0 spiro atoms. The van der Waals surface area contributed by atoms with E-state index in [2.05, 4.69) is 9.98 Å². The maximum absolute atomic E-state index is 5.24. The zero-order chi connectivity index (χ0) is 14.3. The van der Waals surface area contributed by atoms with Gasteiger partial charge < -0.3 is 4.42 Å². The predicted molar refractivity (Wildman–Crippen MR) is 86.1 cm³/mol. The summed E-state index contributed by atoms with van der Waals surface area (Å²) >= 11 is 0. The van der Waals surface area contributed by atoms with Crippen molar-refractivity contribution in [1.82, 2.24) is 0 Å². The number of para-hydroxylation sites is 2. The van der Waals surface area contributed by atoms with E-state index >= 15 is 0 Å². The van der Waals surface area contributed by atoms with Gasteiger partial charge in [0.1, 0.15) is 5.76 Å². The maximum Gasteiger partial charge on any atom is 0.144 e. The molecule has 0 N–H and O–H groups in total. The second-order valence-corrected chi connectivity index (χ2v) is 4.43. The molecule has 0 fully saturated rings. The molecule has 0 atom stereocenters. The summed E-state index contributed by atoms with van der Waals surface area (Å²) in [4.78, 5) is 8.91. The number of hydrogen-bond acceptors (Lipinski definition) is 3. The normalized spacial score (nSPS) is 11.4. The summed E-state index contributed by atoms with van der Waals surface area (Å²) < 4.78 is 5.24. The third kappa shape index (κ3) is 3.54. The fourth-order valence-corrected chi connectivity index (χ4v) is 1.87. The van der Waals surface area contributed by atoms with Crippen molar-refractivity contribution in [2.24, 2.45) is 9.98 Å². The molecule has 0 aliphatic heterocycles. The Morgan fingerprint density at radius 3 is 2.33 bits per heavy atom. The number of rotatable bonds is 4. The SMILES string of the molecule is C(=Nc1ccccc1)c1ccccc1N=Cc1ccco1. The molecule has 3 heteroatoms. The first-order valence-corrected chi connectivity index (χ1v) is 6.67. The maximum atomic E-state index is 5.24. The topological polar surface area (TPSA) is 37.9 Å². The number of nitrogens with zero attached hydrogens (tertiary/aromatic N) is 2. The first-order chi connectivity index (χ1) is 10.4. The van der Waals surface area contributed by atoms with Crippen LogP contribution in [0, 0.1) is 0 Å². The lowest BCUT2D eigenvalue weighted by Crippen LogP contribution is -1.83.